The van der Waals surface area contributed by atoms with Crippen LogP contribution in [0, 0.1) is 12.8 Å². The zero-order valence-corrected chi connectivity index (χ0v) is 19.9. The summed E-state index contributed by atoms with van der Waals surface area (Å²) in [5.74, 6) is 0.208. The second-order valence-corrected chi connectivity index (χ2v) is 9.42. The molecule has 1 aliphatic rings. The third kappa shape index (κ3) is 5.39. The van der Waals surface area contributed by atoms with Gasteiger partial charge in [-0.3, -0.25) is 14.6 Å². The number of likely N-dealkylation sites (tertiary alicyclic amines) is 1. The highest BCUT2D eigenvalue weighted by Crippen LogP contribution is 2.30. The first-order valence-corrected chi connectivity index (χ1v) is 12.0. The van der Waals surface area contributed by atoms with Gasteiger partial charge in [-0.25, -0.2) is 4.98 Å². The lowest BCUT2D eigenvalue weighted by molar-refractivity contribution is -0.121. The van der Waals surface area contributed by atoms with Crippen LogP contribution >= 0.6 is 11.3 Å². The van der Waals surface area contributed by atoms with Crippen molar-refractivity contribution < 1.29 is 14.3 Å². The Balaban J connectivity index is 1.45. The quantitative estimate of drug-likeness (QED) is 0.567. The number of rotatable bonds is 6. The van der Waals surface area contributed by atoms with Crippen LogP contribution < -0.4 is 10.1 Å². The number of ether oxygens (including phenoxy) is 1. The lowest BCUT2D eigenvalue weighted by atomic mass is 9.96. The lowest BCUT2D eigenvalue weighted by Gasteiger charge is -2.32. The van der Waals surface area contributed by atoms with Gasteiger partial charge in [0.2, 0.25) is 5.91 Å². The number of piperidine rings is 1. The molecule has 1 unspecified atom stereocenters. The van der Waals surface area contributed by atoms with E-state index in [9.17, 15) is 9.59 Å². The fraction of sp³-hybridized carbons (Fsp3) is 0.360. The van der Waals surface area contributed by atoms with Crippen molar-refractivity contribution >= 4 is 28.8 Å². The predicted molar refractivity (Wildman–Crippen MR) is 130 cm³/mol. The third-order valence-corrected chi connectivity index (χ3v) is 6.68. The van der Waals surface area contributed by atoms with Crippen LogP contribution in [0.3, 0.4) is 0 Å². The van der Waals surface area contributed by atoms with E-state index in [1.54, 1.807) is 17.3 Å². The van der Waals surface area contributed by atoms with Crippen LogP contribution in [-0.2, 0) is 4.79 Å². The van der Waals surface area contributed by atoms with Gasteiger partial charge in [0.1, 0.15) is 15.6 Å². The minimum atomic E-state index is -0.277. The van der Waals surface area contributed by atoms with Crippen LogP contribution in [0.25, 0.3) is 10.6 Å². The average Bonchev–Trinajstić information content (AvgIpc) is 3.21. The molecule has 0 bridgehead atoms. The van der Waals surface area contributed by atoms with Crippen LogP contribution in [0.1, 0.15) is 42.1 Å². The Morgan fingerprint density at radius 2 is 2.03 bits per heavy atom. The summed E-state index contributed by atoms with van der Waals surface area (Å²) < 4.78 is 5.81. The molecule has 8 heteroatoms. The summed E-state index contributed by atoms with van der Waals surface area (Å²) in [6.45, 7) is 6.77. The predicted octanol–water partition coefficient (Wildman–Crippen LogP) is 4.79. The Kier molecular flexibility index (Phi) is 7.03. The average molecular weight is 465 g/mol. The molecule has 1 fully saturated rings. The number of thiazole rings is 1. The van der Waals surface area contributed by atoms with Gasteiger partial charge in [-0.1, -0.05) is 12.1 Å². The molecule has 0 spiro atoms. The summed E-state index contributed by atoms with van der Waals surface area (Å²) >= 11 is 1.37. The van der Waals surface area contributed by atoms with E-state index < -0.39 is 0 Å². The molecule has 0 radical (unpaired) electrons. The van der Waals surface area contributed by atoms with Gasteiger partial charge < -0.3 is 15.0 Å². The SMILES string of the molecule is Cc1nc(-c2cccnc2)sc1C(=O)N1CCCC(C(=O)Nc2ccccc2OC(C)C)C1. The van der Waals surface area contributed by atoms with E-state index in [4.69, 9.17) is 4.74 Å². The number of hydrogen-bond acceptors (Lipinski definition) is 6. The lowest BCUT2D eigenvalue weighted by Crippen LogP contribution is -2.43. The highest BCUT2D eigenvalue weighted by molar-refractivity contribution is 7.17. The van der Waals surface area contributed by atoms with Crippen molar-refractivity contribution in [3.05, 3.63) is 59.4 Å². The van der Waals surface area contributed by atoms with E-state index in [2.05, 4.69) is 15.3 Å². The van der Waals surface area contributed by atoms with Crippen LogP contribution in [0.4, 0.5) is 5.69 Å². The zero-order chi connectivity index (χ0) is 23.4. The van der Waals surface area contributed by atoms with Crippen LogP contribution in [0.5, 0.6) is 5.75 Å². The maximum Gasteiger partial charge on any atom is 0.265 e. The molecular weight excluding hydrogens is 436 g/mol. The normalized spacial score (nSPS) is 16.0. The first-order valence-electron chi connectivity index (χ1n) is 11.2. The topological polar surface area (TPSA) is 84.4 Å². The number of nitrogens with one attached hydrogen (secondary N) is 1. The molecule has 1 saturated heterocycles. The number of anilines is 1. The molecule has 3 aromatic rings. The molecule has 2 amide bonds. The molecule has 1 aromatic carbocycles. The molecule has 7 nitrogen and oxygen atoms in total. The van der Waals surface area contributed by atoms with E-state index in [1.165, 1.54) is 11.3 Å². The van der Waals surface area contributed by atoms with Gasteiger partial charge >= 0.3 is 0 Å². The Labute approximate surface area is 197 Å². The Bertz CT molecular complexity index is 1130. The second kappa shape index (κ2) is 10.1. The maximum absolute atomic E-state index is 13.3. The fourth-order valence-corrected chi connectivity index (χ4v) is 4.91. The minimum Gasteiger partial charge on any atom is -0.489 e. The van der Waals surface area contributed by atoms with E-state index in [0.29, 0.717) is 35.1 Å². The number of carbonyl (C=O) groups is 2. The van der Waals surface area contributed by atoms with Gasteiger partial charge in [-0.2, -0.15) is 0 Å². The number of aromatic nitrogens is 2. The molecule has 1 atom stereocenters. The summed E-state index contributed by atoms with van der Waals surface area (Å²) in [4.78, 5) is 37.4. The van der Waals surface area contributed by atoms with Gasteiger partial charge in [0.25, 0.3) is 5.91 Å². The van der Waals surface area contributed by atoms with Crippen molar-refractivity contribution in [1.82, 2.24) is 14.9 Å². The summed E-state index contributed by atoms with van der Waals surface area (Å²) in [5, 5.41) is 3.78. The largest absolute Gasteiger partial charge is 0.489 e. The van der Waals surface area contributed by atoms with Gasteiger partial charge in [0.15, 0.2) is 0 Å². The van der Waals surface area contributed by atoms with Gasteiger partial charge in [0, 0.05) is 31.0 Å². The number of hydrogen-bond donors (Lipinski definition) is 1. The number of benzene rings is 1. The highest BCUT2D eigenvalue weighted by Gasteiger charge is 2.31. The molecule has 1 N–H and O–H groups in total. The number of carbonyl (C=O) groups excluding carboxylic acids is 2. The van der Waals surface area contributed by atoms with E-state index >= 15 is 0 Å². The van der Waals surface area contributed by atoms with Crippen molar-refractivity contribution in [2.24, 2.45) is 5.92 Å². The Morgan fingerprint density at radius 1 is 1.21 bits per heavy atom. The molecule has 1 aliphatic heterocycles. The molecule has 0 aliphatic carbocycles. The first-order chi connectivity index (χ1) is 15.9. The van der Waals surface area contributed by atoms with Gasteiger partial charge in [-0.15, -0.1) is 11.3 Å². The van der Waals surface area contributed by atoms with Crippen molar-refractivity contribution in [2.75, 3.05) is 18.4 Å². The maximum atomic E-state index is 13.3. The van der Waals surface area contributed by atoms with Gasteiger partial charge in [-0.05, 0) is 57.9 Å². The molecule has 33 heavy (non-hydrogen) atoms. The Morgan fingerprint density at radius 3 is 2.79 bits per heavy atom. The summed E-state index contributed by atoms with van der Waals surface area (Å²) in [7, 11) is 0. The molecule has 3 heterocycles. The summed E-state index contributed by atoms with van der Waals surface area (Å²) in [6.07, 6.45) is 4.98. The number of amides is 2. The smallest absolute Gasteiger partial charge is 0.265 e. The van der Waals surface area contributed by atoms with Crippen molar-refractivity contribution in [3.8, 4) is 16.3 Å². The number of pyridine rings is 1. The second-order valence-electron chi connectivity index (χ2n) is 8.42. The molecule has 172 valence electrons. The number of aryl methyl sites for hydroxylation is 1. The van der Waals surface area contributed by atoms with Gasteiger partial charge in [0.05, 0.1) is 23.4 Å². The third-order valence-electron chi connectivity index (χ3n) is 5.49. The van der Waals surface area contributed by atoms with Crippen molar-refractivity contribution in [1.29, 1.82) is 0 Å². The van der Waals surface area contributed by atoms with Crippen LogP contribution in [0.15, 0.2) is 48.8 Å². The number of nitrogens with zero attached hydrogens (tertiary/aromatic N) is 3. The van der Waals surface area contributed by atoms with E-state index in [0.717, 1.165) is 23.4 Å². The highest BCUT2D eigenvalue weighted by atomic mass is 32.1. The summed E-state index contributed by atoms with van der Waals surface area (Å²) in [6, 6.07) is 11.2. The Hall–Kier alpha value is -3.26. The summed E-state index contributed by atoms with van der Waals surface area (Å²) in [5.41, 5.74) is 2.25. The fourth-order valence-electron chi connectivity index (χ4n) is 3.89. The number of para-hydroxylation sites is 2. The van der Waals surface area contributed by atoms with E-state index in [-0.39, 0.29) is 23.8 Å². The standard InChI is InChI=1S/C25H28N4O3S/c1-16(2)32-21-11-5-4-10-20(21)28-23(30)19-9-7-13-29(15-19)25(31)22-17(3)27-24(33-22)18-8-6-12-26-14-18/h4-6,8,10-12,14,16,19H,7,9,13,15H2,1-3H3,(H,28,30). The van der Waals surface area contributed by atoms with Crippen molar-refractivity contribution in [2.45, 2.75) is 39.7 Å². The van der Waals surface area contributed by atoms with Crippen molar-refractivity contribution in [3.63, 3.8) is 0 Å². The first kappa shape index (κ1) is 22.9. The molecular formula is C25H28N4O3S. The van der Waals surface area contributed by atoms with Crippen LogP contribution in [0.2, 0.25) is 0 Å². The van der Waals surface area contributed by atoms with Crippen LogP contribution in [-0.4, -0.2) is 45.9 Å². The van der Waals surface area contributed by atoms with E-state index in [1.807, 2.05) is 57.2 Å². The molecule has 4 rings (SSSR count). The molecule has 0 saturated carbocycles. The molecule has 2 aromatic heterocycles. The monoisotopic (exact) mass is 464 g/mol. The zero-order valence-electron chi connectivity index (χ0n) is 19.1. The minimum absolute atomic E-state index is 0.00467.